The number of nitrogens with zero attached hydrogens (tertiary/aromatic N) is 1. The first-order valence-corrected chi connectivity index (χ1v) is 8.68. The molecule has 5 nitrogen and oxygen atoms in total. The Morgan fingerprint density at radius 1 is 1.38 bits per heavy atom. The monoisotopic (exact) mass is 315 g/mol. The van der Waals surface area contributed by atoms with Crippen LogP contribution in [0.25, 0.3) is 0 Å². The summed E-state index contributed by atoms with van der Waals surface area (Å²) >= 11 is 0. The predicted molar refractivity (Wildman–Crippen MR) is 80.8 cm³/mol. The Morgan fingerprint density at radius 3 is 2.62 bits per heavy atom. The van der Waals surface area contributed by atoms with Crippen LogP contribution < -0.4 is 10.5 Å². The summed E-state index contributed by atoms with van der Waals surface area (Å²) in [6.07, 6.45) is 1.90. The molecule has 0 unspecified atom stereocenters. The quantitative estimate of drug-likeness (QED) is 0.806. The fourth-order valence-electron chi connectivity index (χ4n) is 2.62. The van der Waals surface area contributed by atoms with Gasteiger partial charge in [-0.05, 0) is 50.5 Å². The minimum absolute atomic E-state index is 0.0664. The number of likely N-dealkylation sites (tertiary alicyclic amines) is 1. The van der Waals surface area contributed by atoms with Crippen molar-refractivity contribution >= 4 is 15.7 Å². The molecule has 1 fully saturated rings. The van der Waals surface area contributed by atoms with Crippen LogP contribution in [-0.4, -0.2) is 39.5 Å². The molecule has 1 aliphatic rings. The molecule has 0 bridgehead atoms. The predicted octanol–water partition coefficient (Wildman–Crippen LogP) is 1.42. The standard InChI is InChI=1S/C14H22FN3O2S/c1-2-18-8-6-11(7-9-18)10-17-21(19,20)14-12(15)4-3-5-13(14)16/h3-5,11,17H,2,6-10,16H2,1H3. The van der Waals surface area contributed by atoms with Gasteiger partial charge in [0.25, 0.3) is 0 Å². The smallest absolute Gasteiger partial charge is 0.245 e. The summed E-state index contributed by atoms with van der Waals surface area (Å²) in [6.45, 7) is 5.41. The van der Waals surface area contributed by atoms with Crippen LogP contribution in [-0.2, 0) is 10.0 Å². The molecule has 0 aliphatic carbocycles. The number of nitrogens with two attached hydrogens (primary N) is 1. The molecule has 21 heavy (non-hydrogen) atoms. The van der Waals surface area contributed by atoms with Crippen molar-refractivity contribution in [1.29, 1.82) is 0 Å². The SMILES string of the molecule is CCN1CCC(CNS(=O)(=O)c2c(N)cccc2F)CC1. The molecule has 7 heteroatoms. The van der Waals surface area contributed by atoms with E-state index in [1.54, 1.807) is 0 Å². The van der Waals surface area contributed by atoms with Crippen LogP contribution in [0.5, 0.6) is 0 Å². The molecule has 118 valence electrons. The number of hydrogen-bond donors (Lipinski definition) is 2. The van der Waals surface area contributed by atoms with Gasteiger partial charge in [-0.25, -0.2) is 17.5 Å². The van der Waals surface area contributed by atoms with E-state index in [-0.39, 0.29) is 11.6 Å². The lowest BCUT2D eigenvalue weighted by molar-refractivity contribution is 0.193. The summed E-state index contributed by atoms with van der Waals surface area (Å²) in [5.74, 6) is -0.529. The molecule has 1 aromatic carbocycles. The van der Waals surface area contributed by atoms with Gasteiger partial charge in [-0.3, -0.25) is 0 Å². The van der Waals surface area contributed by atoms with Gasteiger partial charge >= 0.3 is 0 Å². The number of rotatable bonds is 5. The van der Waals surface area contributed by atoms with Gasteiger partial charge in [-0.15, -0.1) is 0 Å². The minimum atomic E-state index is -3.90. The highest BCUT2D eigenvalue weighted by Crippen LogP contribution is 2.22. The molecule has 0 spiro atoms. The van der Waals surface area contributed by atoms with Crippen LogP contribution in [0.1, 0.15) is 19.8 Å². The van der Waals surface area contributed by atoms with Gasteiger partial charge in [0, 0.05) is 6.54 Å². The molecule has 0 atom stereocenters. The second-order valence-electron chi connectivity index (χ2n) is 5.39. The van der Waals surface area contributed by atoms with Gasteiger partial charge in [0.05, 0.1) is 5.69 Å². The third-order valence-electron chi connectivity index (χ3n) is 3.98. The van der Waals surface area contributed by atoms with Gasteiger partial charge in [-0.2, -0.15) is 0 Å². The van der Waals surface area contributed by atoms with E-state index < -0.39 is 20.7 Å². The molecule has 1 saturated heterocycles. The minimum Gasteiger partial charge on any atom is -0.398 e. The van der Waals surface area contributed by atoms with Crippen molar-refractivity contribution in [3.05, 3.63) is 24.0 Å². The van der Waals surface area contributed by atoms with Gasteiger partial charge in [0.1, 0.15) is 10.7 Å². The Kier molecular flexibility index (Phi) is 5.18. The van der Waals surface area contributed by atoms with Crippen LogP contribution in [0, 0.1) is 11.7 Å². The largest absolute Gasteiger partial charge is 0.398 e. The lowest BCUT2D eigenvalue weighted by atomic mass is 9.97. The number of anilines is 1. The molecule has 1 aliphatic heterocycles. The van der Waals surface area contributed by atoms with E-state index in [0.717, 1.165) is 38.5 Å². The molecule has 1 aromatic rings. The van der Waals surface area contributed by atoms with Crippen LogP contribution in [0.2, 0.25) is 0 Å². The lowest BCUT2D eigenvalue weighted by Crippen LogP contribution is -2.38. The van der Waals surface area contributed by atoms with Crippen molar-refractivity contribution in [3.8, 4) is 0 Å². The summed E-state index contributed by atoms with van der Waals surface area (Å²) in [6, 6.07) is 3.88. The molecule has 0 saturated carbocycles. The van der Waals surface area contributed by atoms with E-state index in [9.17, 15) is 12.8 Å². The second-order valence-corrected chi connectivity index (χ2v) is 7.09. The van der Waals surface area contributed by atoms with Crippen LogP contribution in [0.4, 0.5) is 10.1 Å². The summed E-state index contributed by atoms with van der Waals surface area (Å²) < 4.78 is 40.6. The number of halogens is 1. The van der Waals surface area contributed by atoms with Crippen molar-refractivity contribution < 1.29 is 12.8 Å². The maximum Gasteiger partial charge on any atom is 0.245 e. The van der Waals surface area contributed by atoms with Crippen molar-refractivity contribution in [2.24, 2.45) is 5.92 Å². The van der Waals surface area contributed by atoms with Crippen molar-refractivity contribution in [3.63, 3.8) is 0 Å². The molecular formula is C14H22FN3O2S. The van der Waals surface area contributed by atoms with E-state index in [1.165, 1.54) is 12.1 Å². The zero-order chi connectivity index (χ0) is 15.5. The third kappa shape index (κ3) is 3.93. The normalized spacial score (nSPS) is 18.0. The highest BCUT2D eigenvalue weighted by Gasteiger charge is 2.24. The molecule has 3 N–H and O–H groups in total. The third-order valence-corrected chi connectivity index (χ3v) is 5.50. The lowest BCUT2D eigenvalue weighted by Gasteiger charge is -2.31. The first-order chi connectivity index (χ1) is 9.94. The number of piperidine rings is 1. The summed E-state index contributed by atoms with van der Waals surface area (Å²) in [5, 5.41) is 0. The number of nitrogen functional groups attached to an aromatic ring is 1. The summed E-state index contributed by atoms with van der Waals surface area (Å²) in [5.41, 5.74) is 5.52. The van der Waals surface area contributed by atoms with E-state index in [0.29, 0.717) is 6.54 Å². The van der Waals surface area contributed by atoms with E-state index >= 15 is 0 Å². The summed E-state index contributed by atoms with van der Waals surface area (Å²) in [4.78, 5) is 1.89. The van der Waals surface area contributed by atoms with Gasteiger partial charge in [0.15, 0.2) is 0 Å². The number of sulfonamides is 1. The molecule has 0 radical (unpaired) electrons. The van der Waals surface area contributed by atoms with Crippen molar-refractivity contribution in [1.82, 2.24) is 9.62 Å². The fraction of sp³-hybridized carbons (Fsp3) is 0.571. The fourth-order valence-corrected chi connectivity index (χ4v) is 3.92. The first-order valence-electron chi connectivity index (χ1n) is 7.20. The van der Waals surface area contributed by atoms with E-state index in [4.69, 9.17) is 5.73 Å². The summed E-state index contributed by atoms with van der Waals surface area (Å²) in [7, 11) is -3.90. The highest BCUT2D eigenvalue weighted by molar-refractivity contribution is 7.89. The average Bonchev–Trinajstić information content (AvgIpc) is 2.45. The Labute approximate surface area is 125 Å². The van der Waals surface area contributed by atoms with Crippen LogP contribution in [0.3, 0.4) is 0 Å². The topological polar surface area (TPSA) is 75.4 Å². The van der Waals surface area contributed by atoms with Crippen molar-refractivity contribution in [2.75, 3.05) is 31.9 Å². The van der Waals surface area contributed by atoms with E-state index in [2.05, 4.69) is 16.5 Å². The average molecular weight is 315 g/mol. The van der Waals surface area contributed by atoms with Gasteiger partial charge in [0.2, 0.25) is 10.0 Å². The zero-order valence-corrected chi connectivity index (χ0v) is 13.0. The van der Waals surface area contributed by atoms with E-state index in [1.807, 2.05) is 0 Å². The maximum absolute atomic E-state index is 13.7. The maximum atomic E-state index is 13.7. The molecular weight excluding hydrogens is 293 g/mol. The molecule has 1 heterocycles. The Hall–Kier alpha value is -1.18. The Bertz CT molecular complexity index is 564. The molecule has 2 rings (SSSR count). The van der Waals surface area contributed by atoms with Crippen molar-refractivity contribution in [2.45, 2.75) is 24.7 Å². The highest BCUT2D eigenvalue weighted by atomic mass is 32.2. The second kappa shape index (κ2) is 6.72. The number of nitrogens with one attached hydrogen (secondary N) is 1. The Balaban J connectivity index is 1.99. The van der Waals surface area contributed by atoms with Gasteiger partial charge < -0.3 is 10.6 Å². The number of hydrogen-bond acceptors (Lipinski definition) is 4. The van der Waals surface area contributed by atoms with Crippen LogP contribution in [0.15, 0.2) is 23.1 Å². The zero-order valence-electron chi connectivity index (χ0n) is 12.2. The molecule has 0 aromatic heterocycles. The Morgan fingerprint density at radius 2 is 2.05 bits per heavy atom. The molecule has 0 amide bonds. The number of benzene rings is 1. The first kappa shape index (κ1) is 16.2. The van der Waals surface area contributed by atoms with Gasteiger partial charge in [-0.1, -0.05) is 13.0 Å². The van der Waals surface area contributed by atoms with Crippen LogP contribution >= 0.6 is 0 Å².